The fraction of sp³-hybridized carbons (Fsp3) is 0.833. The third-order valence-corrected chi connectivity index (χ3v) is 4.80. The van der Waals surface area contributed by atoms with Crippen LogP contribution in [0.5, 0.6) is 0 Å². The number of aliphatic hydroxyl groups excluding tert-OH is 5. The third-order valence-electron chi connectivity index (χ3n) is 4.80. The van der Waals surface area contributed by atoms with E-state index < -0.39 is 92.5 Å². The zero-order chi connectivity index (χ0) is 24.2. The largest absolute Gasteiger partial charge is 0.463 e. The Labute approximate surface area is 182 Å². The lowest BCUT2D eigenvalue weighted by atomic mass is 9.97. The Balaban J connectivity index is 2.22. The first-order valence-corrected chi connectivity index (χ1v) is 9.73. The summed E-state index contributed by atoms with van der Waals surface area (Å²) in [6.45, 7) is 2.29. The van der Waals surface area contributed by atoms with Crippen molar-refractivity contribution in [1.82, 2.24) is 0 Å². The highest BCUT2D eigenvalue weighted by molar-refractivity contribution is 5.66. The molecule has 32 heavy (non-hydrogen) atoms. The van der Waals surface area contributed by atoms with E-state index in [1.54, 1.807) is 0 Å². The number of carbonyl (C=O) groups excluding carboxylic acids is 3. The van der Waals surface area contributed by atoms with Gasteiger partial charge < -0.3 is 54.0 Å². The van der Waals surface area contributed by atoms with Crippen LogP contribution in [0.15, 0.2) is 0 Å². The van der Waals surface area contributed by atoms with Crippen molar-refractivity contribution in [3.63, 3.8) is 0 Å². The molecule has 0 aliphatic carbocycles. The number of aliphatic hydroxyl groups is 5. The van der Waals surface area contributed by atoms with E-state index in [9.17, 15) is 39.9 Å². The van der Waals surface area contributed by atoms with Crippen LogP contribution in [-0.4, -0.2) is 118 Å². The van der Waals surface area contributed by atoms with Gasteiger partial charge in [-0.1, -0.05) is 0 Å². The van der Waals surface area contributed by atoms with Crippen LogP contribution in [0.25, 0.3) is 0 Å². The molecule has 0 bridgehead atoms. The SMILES string of the molecule is CC(=O)OCC1O[C@@H](O[C@@H]2C(COC(C)=O)OC(O)[C@@H](OC(C)=O)C2O)[C@@H](O)C(O)[C@H]1O. The molecule has 2 fully saturated rings. The maximum atomic E-state index is 11.3. The van der Waals surface area contributed by atoms with Gasteiger partial charge in [-0.05, 0) is 0 Å². The molecule has 0 spiro atoms. The molecule has 0 radical (unpaired) electrons. The van der Waals surface area contributed by atoms with Gasteiger partial charge in [-0.2, -0.15) is 0 Å². The van der Waals surface area contributed by atoms with E-state index in [0.717, 1.165) is 20.8 Å². The molecule has 2 aliphatic rings. The number of hydrogen-bond donors (Lipinski definition) is 5. The normalized spacial score (nSPS) is 39.8. The number of esters is 3. The van der Waals surface area contributed by atoms with Gasteiger partial charge in [0.2, 0.25) is 0 Å². The predicted octanol–water partition coefficient (Wildman–Crippen LogP) is -3.68. The molecule has 14 heteroatoms. The van der Waals surface area contributed by atoms with Crippen molar-refractivity contribution in [3.8, 4) is 0 Å². The van der Waals surface area contributed by atoms with Crippen molar-refractivity contribution in [2.45, 2.75) is 82.2 Å². The standard InChI is InChI=1S/C18H28O14/c1-6(19)27-4-9-11(22)12(23)13(24)18(31-9)32-15-10(5-28-7(2)20)30-17(26)16(14(15)25)29-8(3)21/h9-18,22-26H,4-5H2,1-3H3/t9?,10?,11-,12?,13-,14?,15+,16-,17?,18-/m0/s1. The molecule has 2 saturated heterocycles. The van der Waals surface area contributed by atoms with Gasteiger partial charge in [0.1, 0.15) is 55.9 Å². The van der Waals surface area contributed by atoms with Gasteiger partial charge in [-0.3, -0.25) is 14.4 Å². The van der Waals surface area contributed by atoms with Crippen molar-refractivity contribution >= 4 is 17.9 Å². The Hall–Kier alpha value is -1.91. The van der Waals surface area contributed by atoms with Crippen LogP contribution in [0.1, 0.15) is 20.8 Å². The second-order valence-electron chi connectivity index (χ2n) is 7.35. The van der Waals surface area contributed by atoms with Gasteiger partial charge >= 0.3 is 17.9 Å². The molecule has 2 aliphatic heterocycles. The van der Waals surface area contributed by atoms with E-state index in [2.05, 4.69) is 0 Å². The number of ether oxygens (including phenoxy) is 6. The molecule has 0 aromatic heterocycles. The van der Waals surface area contributed by atoms with Crippen molar-refractivity contribution in [2.24, 2.45) is 0 Å². The summed E-state index contributed by atoms with van der Waals surface area (Å²) in [6, 6.07) is 0. The van der Waals surface area contributed by atoms with E-state index in [1.165, 1.54) is 0 Å². The maximum absolute atomic E-state index is 11.3. The summed E-state index contributed by atoms with van der Waals surface area (Å²) in [7, 11) is 0. The summed E-state index contributed by atoms with van der Waals surface area (Å²) in [4.78, 5) is 33.5. The molecule has 5 N–H and O–H groups in total. The molecule has 0 amide bonds. The molecule has 2 heterocycles. The molecule has 0 saturated carbocycles. The highest BCUT2D eigenvalue weighted by atomic mass is 16.7. The van der Waals surface area contributed by atoms with Crippen LogP contribution >= 0.6 is 0 Å². The molecular formula is C18H28O14. The van der Waals surface area contributed by atoms with Gasteiger partial charge in [-0.15, -0.1) is 0 Å². The van der Waals surface area contributed by atoms with Crippen LogP contribution < -0.4 is 0 Å². The van der Waals surface area contributed by atoms with Crippen molar-refractivity contribution in [1.29, 1.82) is 0 Å². The lowest BCUT2D eigenvalue weighted by Gasteiger charge is -2.46. The highest BCUT2D eigenvalue weighted by Crippen LogP contribution is 2.30. The van der Waals surface area contributed by atoms with Crippen molar-refractivity contribution in [3.05, 3.63) is 0 Å². The average Bonchev–Trinajstić information content (AvgIpc) is 2.70. The minimum atomic E-state index is -1.82. The number of carbonyl (C=O) groups is 3. The first kappa shape index (κ1) is 26.3. The second kappa shape index (κ2) is 11.3. The van der Waals surface area contributed by atoms with Gasteiger partial charge in [0.15, 0.2) is 18.7 Å². The molecule has 14 nitrogen and oxygen atoms in total. The molecule has 2 rings (SSSR count). The number of hydrogen-bond acceptors (Lipinski definition) is 14. The van der Waals surface area contributed by atoms with Crippen LogP contribution in [0.3, 0.4) is 0 Å². The number of rotatable bonds is 7. The molecular weight excluding hydrogens is 440 g/mol. The lowest BCUT2D eigenvalue weighted by Crippen LogP contribution is -2.65. The Morgan fingerprint density at radius 3 is 1.78 bits per heavy atom. The Morgan fingerprint density at radius 2 is 1.25 bits per heavy atom. The molecule has 5 unspecified atom stereocenters. The summed E-state index contributed by atoms with van der Waals surface area (Å²) in [5, 5.41) is 51.2. The van der Waals surface area contributed by atoms with E-state index in [4.69, 9.17) is 28.4 Å². The second-order valence-corrected chi connectivity index (χ2v) is 7.35. The minimum absolute atomic E-state index is 0.477. The van der Waals surface area contributed by atoms with Gasteiger partial charge in [0.05, 0.1) is 0 Å². The monoisotopic (exact) mass is 468 g/mol. The van der Waals surface area contributed by atoms with Crippen LogP contribution in [0.4, 0.5) is 0 Å². The zero-order valence-electron chi connectivity index (χ0n) is 17.6. The van der Waals surface area contributed by atoms with E-state index in [1.807, 2.05) is 0 Å². The predicted molar refractivity (Wildman–Crippen MR) is 97.3 cm³/mol. The van der Waals surface area contributed by atoms with Crippen LogP contribution in [0, 0.1) is 0 Å². The quantitative estimate of drug-likeness (QED) is 0.180. The van der Waals surface area contributed by atoms with E-state index >= 15 is 0 Å². The van der Waals surface area contributed by atoms with Crippen molar-refractivity contribution < 1.29 is 68.3 Å². The van der Waals surface area contributed by atoms with Gasteiger partial charge in [0.25, 0.3) is 0 Å². The fourth-order valence-electron chi connectivity index (χ4n) is 3.25. The van der Waals surface area contributed by atoms with Crippen LogP contribution in [-0.2, 0) is 42.8 Å². The smallest absolute Gasteiger partial charge is 0.303 e. The van der Waals surface area contributed by atoms with Gasteiger partial charge in [0, 0.05) is 20.8 Å². The summed E-state index contributed by atoms with van der Waals surface area (Å²) < 4.78 is 30.7. The summed E-state index contributed by atoms with van der Waals surface area (Å²) in [5.41, 5.74) is 0. The Kier molecular flexibility index (Phi) is 9.29. The fourth-order valence-corrected chi connectivity index (χ4v) is 3.25. The molecule has 0 aromatic carbocycles. The average molecular weight is 468 g/mol. The highest BCUT2D eigenvalue weighted by Gasteiger charge is 2.52. The zero-order valence-corrected chi connectivity index (χ0v) is 17.6. The summed E-state index contributed by atoms with van der Waals surface area (Å²) in [5.74, 6) is -2.23. The maximum Gasteiger partial charge on any atom is 0.303 e. The van der Waals surface area contributed by atoms with Gasteiger partial charge in [-0.25, -0.2) is 0 Å². The minimum Gasteiger partial charge on any atom is -0.463 e. The molecule has 184 valence electrons. The topological polar surface area (TPSA) is 208 Å². The Bertz CT molecular complexity index is 668. The summed E-state index contributed by atoms with van der Waals surface area (Å²) >= 11 is 0. The van der Waals surface area contributed by atoms with E-state index in [0.29, 0.717) is 0 Å². The first-order chi connectivity index (χ1) is 14.9. The first-order valence-electron chi connectivity index (χ1n) is 9.73. The molecule has 0 aromatic rings. The van der Waals surface area contributed by atoms with Crippen molar-refractivity contribution in [2.75, 3.05) is 13.2 Å². The Morgan fingerprint density at radius 1 is 0.688 bits per heavy atom. The van der Waals surface area contributed by atoms with Crippen LogP contribution in [0.2, 0.25) is 0 Å². The third kappa shape index (κ3) is 6.55. The van der Waals surface area contributed by atoms with E-state index in [-0.39, 0.29) is 0 Å². The lowest BCUT2D eigenvalue weighted by molar-refractivity contribution is -0.355. The summed E-state index contributed by atoms with van der Waals surface area (Å²) in [6.07, 6.45) is -16.2. The molecule has 10 atom stereocenters.